The monoisotopic (exact) mass is 565 g/mol. The number of carboxylic acids is 1. The van der Waals surface area contributed by atoms with Crippen molar-refractivity contribution in [3.63, 3.8) is 0 Å². The van der Waals surface area contributed by atoms with E-state index in [1.54, 1.807) is 24.3 Å². The lowest BCUT2D eigenvalue weighted by Crippen LogP contribution is -2.45. The number of nitrogens with two attached hydrogens (primary N) is 1. The molecule has 3 amide bonds. The SMILES string of the molecule is N#C[C@@H]1CCCN1C(=O)C(N)CCC(=O)Nc1ccc(C[C@H](NC(=O)C(CS)Cc2ccccc2)C(=O)O)cc1. The second kappa shape index (κ2) is 15.1. The number of hydrogen-bond acceptors (Lipinski definition) is 7. The number of carbonyl (C=O) groups is 4. The van der Waals surface area contributed by atoms with E-state index in [9.17, 15) is 24.3 Å². The van der Waals surface area contributed by atoms with Crippen LogP contribution >= 0.6 is 12.6 Å². The van der Waals surface area contributed by atoms with Crippen LogP contribution in [0.1, 0.15) is 36.8 Å². The molecule has 2 aromatic rings. The van der Waals surface area contributed by atoms with Crippen molar-refractivity contribution < 1.29 is 24.3 Å². The highest BCUT2D eigenvalue weighted by molar-refractivity contribution is 7.80. The number of thiol groups is 1. The zero-order chi connectivity index (χ0) is 29.1. The first-order valence-electron chi connectivity index (χ1n) is 13.2. The maximum absolute atomic E-state index is 12.8. The number of hydrogen-bond donors (Lipinski definition) is 5. The first-order chi connectivity index (χ1) is 19.2. The van der Waals surface area contributed by atoms with Gasteiger partial charge in [0.15, 0.2) is 0 Å². The Morgan fingerprint density at radius 3 is 2.38 bits per heavy atom. The molecule has 1 aliphatic heterocycles. The van der Waals surface area contributed by atoms with E-state index in [1.807, 2.05) is 30.3 Å². The fraction of sp³-hybridized carbons (Fsp3) is 0.414. The normalized spacial score (nSPS) is 16.8. The number of likely N-dealkylation sites (tertiary alicyclic amines) is 1. The number of nitrogens with one attached hydrogen (secondary N) is 2. The Kier molecular flexibility index (Phi) is 11.5. The van der Waals surface area contributed by atoms with Crippen molar-refractivity contribution >= 4 is 42.0 Å². The number of benzene rings is 2. The molecule has 212 valence electrons. The van der Waals surface area contributed by atoms with Crippen molar-refractivity contribution in [2.75, 3.05) is 17.6 Å². The number of anilines is 1. The highest BCUT2D eigenvalue weighted by Gasteiger charge is 2.31. The standard InChI is InChI=1S/C29H35N5O5S/c30-17-23-7-4-14-34(23)28(37)24(31)12-13-26(35)32-22-10-8-20(9-11-22)16-25(29(38)39)33-27(36)21(18-40)15-19-5-2-1-3-6-19/h1-3,5-6,8-11,21,23-25,40H,4,7,12-16,18,31H2,(H,32,35)(H,33,36)(H,38,39)/t21?,23-,24?,25-/m0/s1. The lowest BCUT2D eigenvalue weighted by molar-refractivity contribution is -0.142. The summed E-state index contributed by atoms with van der Waals surface area (Å²) in [6.45, 7) is 0.499. The van der Waals surface area contributed by atoms with Crippen LogP contribution in [0.25, 0.3) is 0 Å². The van der Waals surface area contributed by atoms with Crippen molar-refractivity contribution in [2.45, 2.75) is 56.7 Å². The smallest absolute Gasteiger partial charge is 0.326 e. The zero-order valence-corrected chi connectivity index (χ0v) is 23.1. The van der Waals surface area contributed by atoms with Crippen LogP contribution in [0.5, 0.6) is 0 Å². The Hall–Kier alpha value is -3.88. The summed E-state index contributed by atoms with van der Waals surface area (Å²) in [6.07, 6.45) is 2.09. The van der Waals surface area contributed by atoms with Gasteiger partial charge in [0, 0.05) is 30.8 Å². The van der Waals surface area contributed by atoms with Crippen molar-refractivity contribution in [3.8, 4) is 6.07 Å². The Bertz CT molecular complexity index is 1220. The van der Waals surface area contributed by atoms with Gasteiger partial charge in [-0.2, -0.15) is 17.9 Å². The van der Waals surface area contributed by atoms with Crippen LogP contribution in [0.3, 0.4) is 0 Å². The number of rotatable bonds is 13. The third-order valence-corrected chi connectivity index (χ3v) is 7.33. The fourth-order valence-corrected chi connectivity index (χ4v) is 4.89. The van der Waals surface area contributed by atoms with Crippen LogP contribution in [0.4, 0.5) is 5.69 Å². The predicted octanol–water partition coefficient (Wildman–Crippen LogP) is 2.15. The molecule has 11 heteroatoms. The molecule has 0 aromatic heterocycles. The minimum atomic E-state index is -1.15. The summed E-state index contributed by atoms with van der Waals surface area (Å²) in [6, 6.07) is 15.8. The molecule has 0 spiro atoms. The van der Waals surface area contributed by atoms with Gasteiger partial charge in [-0.1, -0.05) is 42.5 Å². The van der Waals surface area contributed by atoms with Gasteiger partial charge in [0.1, 0.15) is 12.1 Å². The molecular formula is C29H35N5O5S. The molecule has 1 saturated heterocycles. The average Bonchev–Trinajstić information content (AvgIpc) is 3.44. The van der Waals surface area contributed by atoms with Gasteiger partial charge >= 0.3 is 5.97 Å². The van der Waals surface area contributed by atoms with E-state index in [2.05, 4.69) is 29.3 Å². The predicted molar refractivity (Wildman–Crippen MR) is 153 cm³/mol. The topological polar surface area (TPSA) is 166 Å². The van der Waals surface area contributed by atoms with Crippen molar-refractivity contribution in [3.05, 3.63) is 65.7 Å². The molecule has 0 aliphatic carbocycles. The lowest BCUT2D eigenvalue weighted by atomic mass is 9.99. The highest BCUT2D eigenvalue weighted by Crippen LogP contribution is 2.19. The minimum absolute atomic E-state index is 0.0299. The third-order valence-electron chi connectivity index (χ3n) is 6.89. The van der Waals surface area contributed by atoms with E-state index in [-0.39, 0.29) is 42.7 Å². The summed E-state index contributed by atoms with van der Waals surface area (Å²) >= 11 is 4.28. The Balaban J connectivity index is 1.49. The first kappa shape index (κ1) is 30.7. The molecule has 0 radical (unpaired) electrons. The van der Waals surface area contributed by atoms with Crippen LogP contribution in [0, 0.1) is 17.2 Å². The van der Waals surface area contributed by atoms with Crippen LogP contribution in [0.2, 0.25) is 0 Å². The second-order valence-corrected chi connectivity index (χ2v) is 10.2. The first-order valence-corrected chi connectivity index (χ1v) is 13.9. The van der Waals surface area contributed by atoms with Crippen molar-refractivity contribution in [1.82, 2.24) is 10.2 Å². The number of nitrogens with zero attached hydrogens (tertiary/aromatic N) is 2. The van der Waals surface area contributed by atoms with E-state index in [4.69, 9.17) is 11.0 Å². The lowest BCUT2D eigenvalue weighted by Gasteiger charge is -2.23. The van der Waals surface area contributed by atoms with Crippen molar-refractivity contribution in [2.24, 2.45) is 11.7 Å². The molecule has 1 heterocycles. The van der Waals surface area contributed by atoms with E-state index < -0.39 is 30.0 Å². The van der Waals surface area contributed by atoms with Gasteiger partial charge in [0.2, 0.25) is 17.7 Å². The Morgan fingerprint density at radius 1 is 1.07 bits per heavy atom. The quantitative estimate of drug-likeness (QED) is 0.232. The summed E-state index contributed by atoms with van der Waals surface area (Å²) in [7, 11) is 0. The highest BCUT2D eigenvalue weighted by atomic mass is 32.1. The molecule has 2 unspecified atom stereocenters. The van der Waals surface area contributed by atoms with Gasteiger partial charge < -0.3 is 26.4 Å². The Morgan fingerprint density at radius 2 is 1.75 bits per heavy atom. The fourth-order valence-electron chi connectivity index (χ4n) is 4.60. The molecule has 0 bridgehead atoms. The number of carboxylic acid groups (broad SMARTS) is 1. The van der Waals surface area contributed by atoms with Gasteiger partial charge in [-0.3, -0.25) is 14.4 Å². The molecule has 3 rings (SSSR count). The van der Waals surface area contributed by atoms with Crippen molar-refractivity contribution in [1.29, 1.82) is 5.26 Å². The average molecular weight is 566 g/mol. The van der Waals surface area contributed by atoms with Crippen LogP contribution in [-0.4, -0.2) is 64.1 Å². The summed E-state index contributed by atoms with van der Waals surface area (Å²) in [5, 5.41) is 24.2. The minimum Gasteiger partial charge on any atom is -0.480 e. The Labute approximate surface area is 239 Å². The molecule has 10 nitrogen and oxygen atoms in total. The van der Waals surface area contributed by atoms with Gasteiger partial charge in [-0.15, -0.1) is 0 Å². The molecule has 40 heavy (non-hydrogen) atoms. The van der Waals surface area contributed by atoms with Crippen LogP contribution in [0.15, 0.2) is 54.6 Å². The van der Waals surface area contributed by atoms with Crippen LogP contribution < -0.4 is 16.4 Å². The molecular weight excluding hydrogens is 530 g/mol. The molecule has 2 aromatic carbocycles. The maximum Gasteiger partial charge on any atom is 0.326 e. The van der Waals surface area contributed by atoms with Gasteiger partial charge in [0.05, 0.1) is 18.0 Å². The molecule has 1 fully saturated rings. The molecule has 4 atom stereocenters. The largest absolute Gasteiger partial charge is 0.480 e. The molecule has 1 aliphatic rings. The molecule has 5 N–H and O–H groups in total. The number of amides is 3. The van der Waals surface area contributed by atoms with E-state index >= 15 is 0 Å². The number of aliphatic carboxylic acids is 1. The van der Waals surface area contributed by atoms with Gasteiger partial charge in [0.25, 0.3) is 0 Å². The zero-order valence-electron chi connectivity index (χ0n) is 22.2. The third kappa shape index (κ3) is 8.83. The van der Waals surface area contributed by atoms with E-state index in [0.29, 0.717) is 30.6 Å². The van der Waals surface area contributed by atoms with E-state index in [0.717, 1.165) is 12.0 Å². The van der Waals surface area contributed by atoms with Gasteiger partial charge in [-0.25, -0.2) is 4.79 Å². The molecule has 0 saturated carbocycles. The van der Waals surface area contributed by atoms with Crippen LogP contribution in [-0.2, 0) is 32.0 Å². The summed E-state index contributed by atoms with van der Waals surface area (Å²) in [4.78, 5) is 51.1. The summed E-state index contributed by atoms with van der Waals surface area (Å²) in [5.74, 6) is -2.36. The van der Waals surface area contributed by atoms with E-state index in [1.165, 1.54) is 4.90 Å². The van der Waals surface area contributed by atoms with Gasteiger partial charge in [-0.05, 0) is 48.9 Å². The second-order valence-electron chi connectivity index (χ2n) is 9.88. The summed E-state index contributed by atoms with van der Waals surface area (Å²) < 4.78 is 0. The number of carbonyl (C=O) groups excluding carboxylic acids is 3. The maximum atomic E-state index is 12.8. The number of nitriles is 1. The summed E-state index contributed by atoms with van der Waals surface area (Å²) in [5.41, 5.74) is 8.12.